The topological polar surface area (TPSA) is 63.3 Å². The molecule has 0 aliphatic heterocycles. The van der Waals surface area contributed by atoms with Gasteiger partial charge in [-0.1, -0.05) is 6.92 Å². The fraction of sp³-hybridized carbons (Fsp3) is 0.444. The molecule has 3 rings (SSSR count). The number of aliphatic hydroxyl groups is 1. The van der Waals surface area contributed by atoms with E-state index in [9.17, 15) is 5.11 Å². The van der Waals surface area contributed by atoms with E-state index in [-0.39, 0.29) is 0 Å². The quantitative estimate of drug-likeness (QED) is 0.704. The van der Waals surface area contributed by atoms with Crippen molar-refractivity contribution in [1.82, 2.24) is 19.6 Å². The molecule has 1 aliphatic rings. The molecule has 0 saturated heterocycles. The zero-order chi connectivity index (χ0) is 9.76. The van der Waals surface area contributed by atoms with E-state index in [1.807, 2.05) is 6.92 Å². The number of hydrogen-bond acceptors (Lipinski definition) is 4. The largest absolute Gasteiger partial charge is 0.383 e. The van der Waals surface area contributed by atoms with Crippen LogP contribution in [0.5, 0.6) is 0 Å². The van der Waals surface area contributed by atoms with Gasteiger partial charge in [0.05, 0.1) is 11.9 Å². The van der Waals surface area contributed by atoms with Gasteiger partial charge in [0.15, 0.2) is 5.65 Å². The van der Waals surface area contributed by atoms with Crippen molar-refractivity contribution in [3.63, 3.8) is 0 Å². The van der Waals surface area contributed by atoms with E-state index >= 15 is 0 Å². The smallest absolute Gasteiger partial charge is 0.179 e. The molecular formula is C9H10N4O. The predicted octanol–water partition coefficient (Wildman–Crippen LogP) is 0.352. The summed E-state index contributed by atoms with van der Waals surface area (Å²) in [6.07, 6.45) is 5.81. The first kappa shape index (κ1) is 7.87. The van der Waals surface area contributed by atoms with E-state index in [0.29, 0.717) is 17.3 Å². The van der Waals surface area contributed by atoms with E-state index in [4.69, 9.17) is 0 Å². The van der Waals surface area contributed by atoms with Crippen molar-refractivity contribution < 1.29 is 5.11 Å². The van der Waals surface area contributed by atoms with E-state index in [0.717, 1.165) is 6.42 Å². The first-order valence-electron chi connectivity index (χ1n) is 4.58. The molecule has 5 nitrogen and oxygen atoms in total. The average Bonchev–Trinajstić information content (AvgIpc) is 2.66. The van der Waals surface area contributed by atoms with Gasteiger partial charge in [-0.25, -0.2) is 0 Å². The Balaban J connectivity index is 2.14. The molecule has 2 aromatic heterocycles. The predicted molar refractivity (Wildman–Crippen MR) is 48.5 cm³/mol. The Morgan fingerprint density at radius 3 is 3.14 bits per heavy atom. The van der Waals surface area contributed by atoms with Crippen LogP contribution in [0.3, 0.4) is 0 Å². The second kappa shape index (κ2) is 2.30. The van der Waals surface area contributed by atoms with Gasteiger partial charge in [-0.15, -0.1) is 10.2 Å². The highest BCUT2D eigenvalue weighted by Crippen LogP contribution is 2.50. The van der Waals surface area contributed by atoms with Crippen LogP contribution in [-0.4, -0.2) is 24.7 Å². The van der Waals surface area contributed by atoms with Gasteiger partial charge in [0.1, 0.15) is 11.9 Å². The van der Waals surface area contributed by atoms with Crippen molar-refractivity contribution in [2.45, 2.75) is 18.9 Å². The summed E-state index contributed by atoms with van der Waals surface area (Å²) in [6.45, 7) is 2.01. The van der Waals surface area contributed by atoms with Crippen molar-refractivity contribution in [2.75, 3.05) is 0 Å². The maximum atomic E-state index is 10.0. The van der Waals surface area contributed by atoms with Gasteiger partial charge in [-0.2, -0.15) is 0 Å². The Morgan fingerprint density at radius 2 is 2.43 bits per heavy atom. The standard InChI is InChI=1S/C9H10N4O/c1-6-2-9(6,14)7-4-13-5-11-12-8(13)3-10-7/h3-6,14H,2H2,1H3. The first-order valence-corrected chi connectivity index (χ1v) is 4.58. The SMILES string of the molecule is CC1CC1(O)c1cn2cnnc2cn1. The molecule has 1 fully saturated rings. The molecule has 14 heavy (non-hydrogen) atoms. The minimum atomic E-state index is -0.724. The van der Waals surface area contributed by atoms with Crippen LogP contribution < -0.4 is 0 Å². The summed E-state index contributed by atoms with van der Waals surface area (Å²) >= 11 is 0. The molecule has 1 saturated carbocycles. The second-order valence-electron chi connectivity index (χ2n) is 3.90. The maximum absolute atomic E-state index is 10.0. The van der Waals surface area contributed by atoms with Crippen LogP contribution in [0.4, 0.5) is 0 Å². The molecular weight excluding hydrogens is 180 g/mol. The van der Waals surface area contributed by atoms with Crippen molar-refractivity contribution >= 4 is 5.65 Å². The monoisotopic (exact) mass is 190 g/mol. The summed E-state index contributed by atoms with van der Waals surface area (Å²) in [5.74, 6) is 0.295. The van der Waals surface area contributed by atoms with Crippen LogP contribution in [0.15, 0.2) is 18.7 Å². The van der Waals surface area contributed by atoms with Crippen LogP contribution >= 0.6 is 0 Å². The lowest BCUT2D eigenvalue weighted by Crippen LogP contribution is -2.11. The number of nitrogens with zero attached hydrogens (tertiary/aromatic N) is 4. The molecule has 1 aliphatic carbocycles. The molecule has 0 spiro atoms. The van der Waals surface area contributed by atoms with Crippen LogP contribution in [0.25, 0.3) is 5.65 Å². The maximum Gasteiger partial charge on any atom is 0.179 e. The van der Waals surface area contributed by atoms with Gasteiger partial charge < -0.3 is 5.11 Å². The van der Waals surface area contributed by atoms with Gasteiger partial charge in [0, 0.05) is 6.20 Å². The van der Waals surface area contributed by atoms with Gasteiger partial charge in [0.2, 0.25) is 0 Å². The van der Waals surface area contributed by atoms with E-state index < -0.39 is 5.60 Å². The zero-order valence-corrected chi connectivity index (χ0v) is 7.75. The third-order valence-electron chi connectivity index (χ3n) is 2.90. The summed E-state index contributed by atoms with van der Waals surface area (Å²) in [5.41, 5.74) is 0.682. The molecule has 0 bridgehead atoms. The van der Waals surface area contributed by atoms with Crippen LogP contribution in [0, 0.1) is 5.92 Å². The Labute approximate surface area is 80.4 Å². The molecule has 2 heterocycles. The van der Waals surface area contributed by atoms with Crippen molar-refractivity contribution in [2.24, 2.45) is 5.92 Å². The summed E-state index contributed by atoms with van der Waals surface area (Å²) in [4.78, 5) is 4.19. The second-order valence-corrected chi connectivity index (χ2v) is 3.90. The normalized spacial score (nSPS) is 30.9. The molecule has 0 amide bonds. The highest BCUT2D eigenvalue weighted by Gasteiger charge is 2.52. The molecule has 5 heteroatoms. The number of fused-ring (bicyclic) bond motifs is 1. The molecule has 2 unspecified atom stereocenters. The Hall–Kier alpha value is -1.49. The fourth-order valence-electron chi connectivity index (χ4n) is 1.72. The summed E-state index contributed by atoms with van der Waals surface area (Å²) in [5, 5.41) is 17.7. The molecule has 72 valence electrons. The third kappa shape index (κ3) is 0.899. The molecule has 2 aromatic rings. The lowest BCUT2D eigenvalue weighted by atomic mass is 10.2. The summed E-state index contributed by atoms with van der Waals surface area (Å²) in [6, 6.07) is 0. The summed E-state index contributed by atoms with van der Waals surface area (Å²) < 4.78 is 1.77. The van der Waals surface area contributed by atoms with Crippen LogP contribution in [-0.2, 0) is 5.60 Å². The molecule has 1 N–H and O–H groups in total. The van der Waals surface area contributed by atoms with Gasteiger partial charge in [-0.3, -0.25) is 9.38 Å². The number of aromatic nitrogens is 4. The Bertz CT molecular complexity index is 494. The van der Waals surface area contributed by atoms with Crippen molar-refractivity contribution in [1.29, 1.82) is 0 Å². The lowest BCUT2D eigenvalue weighted by Gasteiger charge is -2.07. The number of hydrogen-bond donors (Lipinski definition) is 1. The fourth-order valence-corrected chi connectivity index (χ4v) is 1.72. The highest BCUT2D eigenvalue weighted by molar-refractivity contribution is 5.35. The van der Waals surface area contributed by atoms with Crippen LogP contribution in [0.2, 0.25) is 0 Å². The van der Waals surface area contributed by atoms with E-state index in [1.165, 1.54) is 0 Å². The molecule has 0 aromatic carbocycles. The molecule has 2 atom stereocenters. The van der Waals surface area contributed by atoms with Crippen molar-refractivity contribution in [3.05, 3.63) is 24.4 Å². The van der Waals surface area contributed by atoms with Gasteiger partial charge in [0.25, 0.3) is 0 Å². The van der Waals surface area contributed by atoms with E-state index in [2.05, 4.69) is 15.2 Å². The minimum Gasteiger partial charge on any atom is -0.383 e. The Morgan fingerprint density at radius 1 is 1.64 bits per heavy atom. The van der Waals surface area contributed by atoms with Crippen LogP contribution in [0.1, 0.15) is 19.0 Å². The van der Waals surface area contributed by atoms with E-state index in [1.54, 1.807) is 23.1 Å². The first-order chi connectivity index (χ1) is 6.70. The van der Waals surface area contributed by atoms with Crippen molar-refractivity contribution in [3.8, 4) is 0 Å². The molecule has 0 radical (unpaired) electrons. The third-order valence-corrected chi connectivity index (χ3v) is 2.90. The highest BCUT2D eigenvalue weighted by atomic mass is 16.3. The van der Waals surface area contributed by atoms with Gasteiger partial charge in [-0.05, 0) is 12.3 Å². The van der Waals surface area contributed by atoms with Gasteiger partial charge >= 0.3 is 0 Å². The lowest BCUT2D eigenvalue weighted by molar-refractivity contribution is 0.129. The minimum absolute atomic E-state index is 0.295. The summed E-state index contributed by atoms with van der Waals surface area (Å²) in [7, 11) is 0. The number of rotatable bonds is 1. The zero-order valence-electron chi connectivity index (χ0n) is 7.75. The average molecular weight is 190 g/mol. The Kier molecular flexibility index (Phi) is 1.29.